The van der Waals surface area contributed by atoms with Gasteiger partial charge in [-0.15, -0.1) is 11.3 Å². The van der Waals surface area contributed by atoms with E-state index in [0.29, 0.717) is 5.82 Å². The highest BCUT2D eigenvalue weighted by atomic mass is 32.1. The molecular weight excluding hydrogens is 250 g/mol. The number of aromatic carboxylic acids is 1. The van der Waals surface area contributed by atoms with Crippen LogP contribution in [0.2, 0.25) is 0 Å². The molecule has 0 bridgehead atoms. The number of hydrogen-bond acceptors (Lipinski definition) is 5. The number of likely N-dealkylation sites (N-methyl/N-ethyl adjacent to an activating group) is 1. The molecule has 2 aromatic rings. The molecule has 0 amide bonds. The number of nitrogens with zero attached hydrogens (tertiary/aromatic N) is 3. The van der Waals surface area contributed by atoms with Crippen LogP contribution in [-0.2, 0) is 6.42 Å². The molecule has 18 heavy (non-hydrogen) atoms. The van der Waals surface area contributed by atoms with E-state index in [1.54, 1.807) is 29.7 Å². The summed E-state index contributed by atoms with van der Waals surface area (Å²) in [5.74, 6) is -0.350. The first-order chi connectivity index (χ1) is 8.66. The maximum absolute atomic E-state index is 10.8. The predicted molar refractivity (Wildman–Crippen MR) is 70.3 cm³/mol. The number of rotatable bonds is 5. The Labute approximate surface area is 109 Å². The number of thiazole rings is 1. The molecule has 0 unspecified atom stereocenters. The van der Waals surface area contributed by atoms with Gasteiger partial charge in [-0.2, -0.15) is 0 Å². The molecule has 2 aromatic heterocycles. The monoisotopic (exact) mass is 263 g/mol. The van der Waals surface area contributed by atoms with E-state index in [0.717, 1.165) is 18.0 Å². The smallest absolute Gasteiger partial charge is 0.354 e. The van der Waals surface area contributed by atoms with Crippen molar-refractivity contribution < 1.29 is 9.90 Å². The molecule has 6 heteroatoms. The summed E-state index contributed by atoms with van der Waals surface area (Å²) in [5, 5.41) is 11.9. The lowest BCUT2D eigenvalue weighted by Gasteiger charge is -2.17. The Bertz CT molecular complexity index is 528. The van der Waals surface area contributed by atoms with Gasteiger partial charge in [0.25, 0.3) is 0 Å². The first kappa shape index (κ1) is 12.5. The molecule has 0 aliphatic carbocycles. The van der Waals surface area contributed by atoms with E-state index in [1.807, 2.05) is 17.3 Å². The fourth-order valence-corrected chi connectivity index (χ4v) is 2.12. The number of carboxylic acid groups (broad SMARTS) is 1. The van der Waals surface area contributed by atoms with Crippen LogP contribution >= 0.6 is 11.3 Å². The highest BCUT2D eigenvalue weighted by Gasteiger charge is 2.08. The zero-order valence-corrected chi connectivity index (χ0v) is 10.7. The maximum atomic E-state index is 10.8. The quantitative estimate of drug-likeness (QED) is 0.892. The summed E-state index contributed by atoms with van der Waals surface area (Å²) >= 11 is 1.62. The van der Waals surface area contributed by atoms with E-state index in [4.69, 9.17) is 5.11 Å². The molecule has 0 spiro atoms. The lowest BCUT2D eigenvalue weighted by molar-refractivity contribution is 0.0690. The second-order valence-electron chi connectivity index (χ2n) is 3.78. The van der Waals surface area contributed by atoms with Crippen molar-refractivity contribution in [2.24, 2.45) is 0 Å². The minimum absolute atomic E-state index is 0.0635. The van der Waals surface area contributed by atoms with Gasteiger partial charge in [-0.25, -0.2) is 14.8 Å². The van der Waals surface area contributed by atoms with Gasteiger partial charge < -0.3 is 10.0 Å². The van der Waals surface area contributed by atoms with E-state index >= 15 is 0 Å². The summed E-state index contributed by atoms with van der Waals surface area (Å²) in [6, 6.07) is 4.99. The molecule has 0 saturated heterocycles. The molecule has 0 saturated carbocycles. The fraction of sp³-hybridized carbons (Fsp3) is 0.250. The summed E-state index contributed by atoms with van der Waals surface area (Å²) in [6.07, 6.45) is 2.61. The second kappa shape index (κ2) is 5.59. The minimum atomic E-state index is -1.01. The Balaban J connectivity index is 2.02. The van der Waals surface area contributed by atoms with Crippen LogP contribution in [0.5, 0.6) is 0 Å². The van der Waals surface area contributed by atoms with Gasteiger partial charge in [0.05, 0.1) is 5.01 Å². The average molecular weight is 263 g/mol. The third-order valence-corrected chi connectivity index (χ3v) is 3.33. The number of carboxylic acids is 1. The lowest BCUT2D eigenvalue weighted by Crippen LogP contribution is -2.22. The summed E-state index contributed by atoms with van der Waals surface area (Å²) in [4.78, 5) is 21.0. The first-order valence-corrected chi connectivity index (χ1v) is 6.34. The second-order valence-corrected chi connectivity index (χ2v) is 4.76. The van der Waals surface area contributed by atoms with Gasteiger partial charge in [-0.1, -0.05) is 6.07 Å². The highest BCUT2D eigenvalue weighted by Crippen LogP contribution is 2.12. The van der Waals surface area contributed by atoms with Crippen molar-refractivity contribution in [3.8, 4) is 0 Å². The van der Waals surface area contributed by atoms with Crippen LogP contribution in [0.3, 0.4) is 0 Å². The molecule has 0 aromatic carbocycles. The predicted octanol–water partition coefficient (Wildman–Crippen LogP) is 1.92. The molecule has 2 heterocycles. The molecule has 94 valence electrons. The van der Waals surface area contributed by atoms with Crippen molar-refractivity contribution in [1.29, 1.82) is 0 Å². The molecule has 5 nitrogen and oxygen atoms in total. The number of anilines is 1. The fourth-order valence-electron chi connectivity index (χ4n) is 1.51. The number of hydrogen-bond donors (Lipinski definition) is 1. The molecule has 0 atom stereocenters. The average Bonchev–Trinajstić information content (AvgIpc) is 2.89. The molecule has 2 rings (SSSR count). The number of aromatic nitrogens is 2. The Morgan fingerprint density at radius 1 is 1.50 bits per heavy atom. The van der Waals surface area contributed by atoms with E-state index in [1.165, 1.54) is 6.07 Å². The van der Waals surface area contributed by atoms with Crippen molar-refractivity contribution in [1.82, 2.24) is 9.97 Å². The lowest BCUT2D eigenvalue weighted by atomic mass is 10.3. The number of carbonyl (C=O) groups is 1. The summed E-state index contributed by atoms with van der Waals surface area (Å²) in [7, 11) is 1.89. The van der Waals surface area contributed by atoms with Gasteiger partial charge in [-0.3, -0.25) is 0 Å². The Morgan fingerprint density at radius 3 is 3.00 bits per heavy atom. The minimum Gasteiger partial charge on any atom is -0.477 e. The van der Waals surface area contributed by atoms with Crippen LogP contribution in [-0.4, -0.2) is 34.6 Å². The Morgan fingerprint density at radius 2 is 2.33 bits per heavy atom. The summed E-state index contributed by atoms with van der Waals surface area (Å²) in [6.45, 7) is 0.754. The summed E-state index contributed by atoms with van der Waals surface area (Å²) in [5.41, 5.74) is 0.0635. The zero-order chi connectivity index (χ0) is 13.0. The van der Waals surface area contributed by atoms with Crippen molar-refractivity contribution in [2.75, 3.05) is 18.5 Å². The van der Waals surface area contributed by atoms with E-state index in [9.17, 15) is 4.79 Å². The van der Waals surface area contributed by atoms with Gasteiger partial charge >= 0.3 is 5.97 Å². The van der Waals surface area contributed by atoms with Crippen LogP contribution in [0.15, 0.2) is 29.8 Å². The molecule has 0 aliphatic heterocycles. The van der Waals surface area contributed by atoms with Gasteiger partial charge in [-0.05, 0) is 12.1 Å². The third kappa shape index (κ3) is 3.04. The highest BCUT2D eigenvalue weighted by molar-refractivity contribution is 7.09. The molecule has 0 aliphatic rings. The third-order valence-electron chi connectivity index (χ3n) is 2.49. The van der Waals surface area contributed by atoms with Gasteiger partial charge in [0.2, 0.25) is 0 Å². The van der Waals surface area contributed by atoms with Crippen LogP contribution in [0.25, 0.3) is 0 Å². The summed E-state index contributed by atoms with van der Waals surface area (Å²) < 4.78 is 0. The Kier molecular flexibility index (Phi) is 3.88. The standard InChI is InChI=1S/C12H13N3O2S/c1-15(7-5-11-13-6-8-18-11)10-4-2-3-9(14-10)12(16)17/h2-4,6,8H,5,7H2,1H3,(H,16,17). The first-order valence-electron chi connectivity index (χ1n) is 5.46. The molecular formula is C12H13N3O2S. The zero-order valence-electron chi connectivity index (χ0n) is 9.91. The SMILES string of the molecule is CN(CCc1nccs1)c1cccc(C(=O)O)n1. The van der Waals surface area contributed by atoms with Crippen molar-refractivity contribution in [3.63, 3.8) is 0 Å². The molecule has 0 radical (unpaired) electrons. The topological polar surface area (TPSA) is 66.3 Å². The van der Waals surface area contributed by atoms with Crippen LogP contribution in [0.4, 0.5) is 5.82 Å². The molecule has 0 fully saturated rings. The molecule has 1 N–H and O–H groups in total. The van der Waals surface area contributed by atoms with Crippen molar-refractivity contribution in [3.05, 3.63) is 40.5 Å². The van der Waals surface area contributed by atoms with E-state index in [2.05, 4.69) is 9.97 Å². The largest absolute Gasteiger partial charge is 0.477 e. The van der Waals surface area contributed by atoms with Crippen LogP contribution < -0.4 is 4.90 Å². The van der Waals surface area contributed by atoms with E-state index in [-0.39, 0.29) is 5.69 Å². The van der Waals surface area contributed by atoms with Crippen LogP contribution in [0.1, 0.15) is 15.5 Å². The van der Waals surface area contributed by atoms with Crippen molar-refractivity contribution >= 4 is 23.1 Å². The normalized spacial score (nSPS) is 10.3. The van der Waals surface area contributed by atoms with E-state index < -0.39 is 5.97 Å². The van der Waals surface area contributed by atoms with Gasteiger partial charge in [0.1, 0.15) is 5.82 Å². The van der Waals surface area contributed by atoms with Gasteiger partial charge in [0.15, 0.2) is 5.69 Å². The Hall–Kier alpha value is -1.95. The van der Waals surface area contributed by atoms with Crippen molar-refractivity contribution in [2.45, 2.75) is 6.42 Å². The van der Waals surface area contributed by atoms with Gasteiger partial charge in [0, 0.05) is 31.6 Å². The van der Waals surface area contributed by atoms with Crippen LogP contribution in [0, 0.1) is 0 Å². The number of pyridine rings is 1. The maximum Gasteiger partial charge on any atom is 0.354 e.